The molecule has 0 atom stereocenters. The number of benzene rings is 2. The van der Waals surface area contributed by atoms with E-state index < -0.39 is 10.0 Å². The third kappa shape index (κ3) is 2.89. The van der Waals surface area contributed by atoms with Crippen molar-refractivity contribution in [2.24, 2.45) is 0 Å². The fourth-order valence-electron chi connectivity index (χ4n) is 1.73. The van der Waals surface area contributed by atoms with Crippen molar-refractivity contribution >= 4 is 27.3 Å². The Balaban J connectivity index is 2.38. The third-order valence-corrected chi connectivity index (χ3v) is 4.76. The minimum Gasteiger partial charge on any atom is -0.508 e. The maximum absolute atomic E-state index is 12.2. The minimum atomic E-state index is -3.67. The quantitative estimate of drug-likeness (QED) is 0.853. The number of aromatic hydroxyl groups is 1. The van der Waals surface area contributed by atoms with Crippen LogP contribution in [0.3, 0.4) is 0 Å². The number of anilines is 1. The summed E-state index contributed by atoms with van der Waals surface area (Å²) in [6.07, 6.45) is 0. The Hall–Kier alpha value is -1.72. The number of rotatable bonds is 3. The molecule has 106 valence electrons. The zero-order chi connectivity index (χ0) is 14.9. The molecule has 2 aromatic rings. The largest absolute Gasteiger partial charge is 0.508 e. The van der Waals surface area contributed by atoms with Crippen LogP contribution >= 0.6 is 11.6 Å². The lowest BCUT2D eigenvalue weighted by molar-refractivity contribution is 0.470. The smallest absolute Gasteiger partial charge is 0.261 e. The molecule has 2 N–H and O–H groups in total. The lowest BCUT2D eigenvalue weighted by atomic mass is 10.1. The molecule has 20 heavy (non-hydrogen) atoms. The number of phenols is 1. The monoisotopic (exact) mass is 311 g/mol. The van der Waals surface area contributed by atoms with Crippen molar-refractivity contribution in [2.75, 3.05) is 4.72 Å². The van der Waals surface area contributed by atoms with Gasteiger partial charge in [0.25, 0.3) is 10.0 Å². The van der Waals surface area contributed by atoms with E-state index in [0.717, 1.165) is 0 Å². The van der Waals surface area contributed by atoms with Crippen molar-refractivity contribution in [1.82, 2.24) is 0 Å². The van der Waals surface area contributed by atoms with E-state index >= 15 is 0 Å². The van der Waals surface area contributed by atoms with Crippen LogP contribution < -0.4 is 4.72 Å². The normalized spacial score (nSPS) is 11.3. The Bertz CT molecular complexity index is 740. The second-order valence-corrected chi connectivity index (χ2v) is 6.56. The van der Waals surface area contributed by atoms with Crippen LogP contribution in [0.2, 0.25) is 5.02 Å². The van der Waals surface area contributed by atoms with Gasteiger partial charge in [0.15, 0.2) is 0 Å². The number of hydrogen-bond donors (Lipinski definition) is 2. The molecule has 0 saturated carbocycles. The number of hydrogen-bond acceptors (Lipinski definition) is 3. The summed E-state index contributed by atoms with van der Waals surface area (Å²) in [7, 11) is -3.67. The van der Waals surface area contributed by atoms with E-state index in [1.165, 1.54) is 36.4 Å². The van der Waals surface area contributed by atoms with Gasteiger partial charge < -0.3 is 5.11 Å². The molecular weight excluding hydrogens is 298 g/mol. The number of nitrogens with one attached hydrogen (secondary N) is 1. The average Bonchev–Trinajstić information content (AvgIpc) is 2.40. The molecule has 0 saturated heterocycles. The first-order valence-electron chi connectivity index (χ1n) is 5.89. The molecule has 0 aliphatic carbocycles. The molecule has 0 unspecified atom stereocenters. The second kappa shape index (κ2) is 5.34. The van der Waals surface area contributed by atoms with Crippen LogP contribution in [-0.2, 0) is 10.0 Å². The van der Waals surface area contributed by atoms with Crippen LogP contribution in [0.5, 0.6) is 5.75 Å². The first-order chi connectivity index (χ1) is 9.31. The zero-order valence-electron chi connectivity index (χ0n) is 11.0. The number of phenolic OH excluding ortho intramolecular Hbond substituents is 1. The fraction of sp³-hybridized carbons (Fsp3) is 0.143. The average molecular weight is 312 g/mol. The van der Waals surface area contributed by atoms with Gasteiger partial charge in [0.1, 0.15) is 5.75 Å². The highest BCUT2D eigenvalue weighted by molar-refractivity contribution is 7.92. The number of halogens is 1. The van der Waals surface area contributed by atoms with Gasteiger partial charge in [0, 0.05) is 5.02 Å². The van der Waals surface area contributed by atoms with Gasteiger partial charge in [0.2, 0.25) is 0 Å². The molecule has 0 bridgehead atoms. The van der Waals surface area contributed by atoms with Crippen LogP contribution in [0.4, 0.5) is 5.69 Å². The van der Waals surface area contributed by atoms with E-state index in [1.807, 2.05) is 0 Å². The van der Waals surface area contributed by atoms with Crippen molar-refractivity contribution in [3.8, 4) is 5.75 Å². The summed E-state index contributed by atoms with van der Waals surface area (Å²) < 4.78 is 27.0. The highest BCUT2D eigenvalue weighted by Crippen LogP contribution is 2.28. The van der Waals surface area contributed by atoms with Crippen LogP contribution in [0, 0.1) is 13.8 Å². The summed E-state index contributed by atoms with van der Waals surface area (Å²) in [4.78, 5) is 0.132. The molecule has 0 aliphatic heterocycles. The molecule has 0 aliphatic rings. The summed E-state index contributed by atoms with van der Waals surface area (Å²) in [6.45, 7) is 3.47. The van der Waals surface area contributed by atoms with Crippen LogP contribution in [-0.4, -0.2) is 13.5 Å². The molecule has 0 aromatic heterocycles. The maximum atomic E-state index is 12.2. The molecular formula is C14H14ClNO3S. The molecule has 0 amide bonds. The molecule has 0 radical (unpaired) electrons. The lowest BCUT2D eigenvalue weighted by Crippen LogP contribution is -2.14. The van der Waals surface area contributed by atoms with E-state index in [-0.39, 0.29) is 10.6 Å². The summed E-state index contributed by atoms with van der Waals surface area (Å²) >= 11 is 5.74. The molecule has 0 fully saturated rings. The SMILES string of the molecule is Cc1c(O)ccc(NS(=O)(=O)c2ccc(Cl)cc2)c1C. The number of sulfonamides is 1. The maximum Gasteiger partial charge on any atom is 0.261 e. The summed E-state index contributed by atoms with van der Waals surface area (Å²) in [6, 6.07) is 8.91. The van der Waals surface area contributed by atoms with Crippen molar-refractivity contribution in [1.29, 1.82) is 0 Å². The third-order valence-electron chi connectivity index (χ3n) is 3.13. The summed E-state index contributed by atoms with van der Waals surface area (Å²) in [5.74, 6) is 0.136. The van der Waals surface area contributed by atoms with E-state index in [9.17, 15) is 13.5 Å². The molecule has 4 nitrogen and oxygen atoms in total. The van der Waals surface area contributed by atoms with Gasteiger partial charge >= 0.3 is 0 Å². The first-order valence-corrected chi connectivity index (χ1v) is 7.75. The topological polar surface area (TPSA) is 66.4 Å². The van der Waals surface area contributed by atoms with Crippen molar-refractivity contribution in [2.45, 2.75) is 18.7 Å². The fourth-order valence-corrected chi connectivity index (χ4v) is 2.98. The minimum absolute atomic E-state index is 0.132. The molecule has 2 aromatic carbocycles. The van der Waals surface area contributed by atoms with E-state index in [1.54, 1.807) is 13.8 Å². The van der Waals surface area contributed by atoms with E-state index in [0.29, 0.717) is 21.8 Å². The zero-order valence-corrected chi connectivity index (χ0v) is 12.6. The van der Waals surface area contributed by atoms with Gasteiger partial charge in [-0.1, -0.05) is 11.6 Å². The van der Waals surface area contributed by atoms with Gasteiger partial charge in [-0.15, -0.1) is 0 Å². The van der Waals surface area contributed by atoms with Gasteiger partial charge in [-0.3, -0.25) is 4.72 Å². The molecule has 0 heterocycles. The van der Waals surface area contributed by atoms with Gasteiger partial charge in [-0.05, 0) is 61.4 Å². The van der Waals surface area contributed by atoms with Crippen molar-refractivity contribution < 1.29 is 13.5 Å². The Morgan fingerprint density at radius 1 is 1.00 bits per heavy atom. The highest BCUT2D eigenvalue weighted by atomic mass is 35.5. The van der Waals surface area contributed by atoms with Gasteiger partial charge in [0.05, 0.1) is 10.6 Å². The Kier molecular flexibility index (Phi) is 3.92. The lowest BCUT2D eigenvalue weighted by Gasteiger charge is -2.13. The predicted octanol–water partition coefficient (Wildman–Crippen LogP) is 3.46. The second-order valence-electron chi connectivity index (χ2n) is 4.44. The van der Waals surface area contributed by atoms with Gasteiger partial charge in [-0.2, -0.15) is 0 Å². The van der Waals surface area contributed by atoms with E-state index in [2.05, 4.69) is 4.72 Å². The van der Waals surface area contributed by atoms with Crippen molar-refractivity contribution in [3.63, 3.8) is 0 Å². The van der Waals surface area contributed by atoms with E-state index in [4.69, 9.17) is 11.6 Å². The predicted molar refractivity (Wildman–Crippen MR) is 79.8 cm³/mol. The molecule has 2 rings (SSSR count). The Morgan fingerprint density at radius 3 is 2.20 bits per heavy atom. The van der Waals surface area contributed by atoms with Crippen molar-refractivity contribution in [3.05, 3.63) is 52.5 Å². The molecule has 6 heteroatoms. The summed E-state index contributed by atoms with van der Waals surface area (Å²) in [5, 5.41) is 10.1. The van der Waals surface area contributed by atoms with Crippen LogP contribution in [0.15, 0.2) is 41.3 Å². The van der Waals surface area contributed by atoms with Crippen LogP contribution in [0.25, 0.3) is 0 Å². The first kappa shape index (κ1) is 14.7. The van der Waals surface area contributed by atoms with Gasteiger partial charge in [-0.25, -0.2) is 8.42 Å². The Morgan fingerprint density at radius 2 is 1.60 bits per heavy atom. The van der Waals surface area contributed by atoms with Crippen LogP contribution in [0.1, 0.15) is 11.1 Å². The molecule has 0 spiro atoms. The summed E-state index contributed by atoms with van der Waals surface area (Å²) in [5.41, 5.74) is 1.76. The Labute approximate surface area is 123 Å². The standard InChI is InChI=1S/C14H14ClNO3S/c1-9-10(2)14(17)8-7-13(9)16-20(18,19)12-5-3-11(15)4-6-12/h3-8,16-17H,1-2H3. The highest BCUT2D eigenvalue weighted by Gasteiger charge is 2.16.